The van der Waals surface area contributed by atoms with Crippen molar-refractivity contribution >= 4 is 29.9 Å². The summed E-state index contributed by atoms with van der Waals surface area (Å²) in [6.07, 6.45) is 0. The molecule has 5 N–H and O–H groups in total. The number of nitrogen functional groups attached to an aromatic ring is 1. The van der Waals surface area contributed by atoms with Gasteiger partial charge in [0.25, 0.3) is 5.91 Å². The Morgan fingerprint density at radius 2 is 1.90 bits per heavy atom. The molecule has 0 aromatic heterocycles. The van der Waals surface area contributed by atoms with Gasteiger partial charge in [-0.2, -0.15) is 12.6 Å². The lowest BCUT2D eigenvalue weighted by Crippen LogP contribution is -2.12. The topological polar surface area (TPSA) is 90.4 Å². The number of hydrogen-bond acceptors (Lipinski definition) is 5. The van der Waals surface area contributed by atoms with Crippen molar-refractivity contribution in [3.05, 3.63) is 59.2 Å². The second-order valence-corrected chi connectivity index (χ2v) is 4.85. The molecule has 0 aliphatic rings. The molecule has 21 heavy (non-hydrogen) atoms. The third kappa shape index (κ3) is 3.98. The van der Waals surface area contributed by atoms with E-state index in [0.29, 0.717) is 29.3 Å². The predicted molar refractivity (Wildman–Crippen MR) is 86.9 cm³/mol. The molecule has 2 rings (SSSR count). The standard InChI is InChI=1S/C15H17N3O2S/c16-14-7-11(3-4-12(14)9-21)15(19)18-13-5-1-10(2-6-13)8-20-17/h1-7,21H,8-9,16-17H2,(H,18,19). The van der Waals surface area contributed by atoms with Crippen LogP contribution in [-0.2, 0) is 17.2 Å². The van der Waals surface area contributed by atoms with E-state index in [1.165, 1.54) is 0 Å². The number of nitrogens with one attached hydrogen (secondary N) is 1. The molecule has 0 saturated carbocycles. The fraction of sp³-hybridized carbons (Fsp3) is 0.133. The van der Waals surface area contributed by atoms with Gasteiger partial charge in [0, 0.05) is 22.7 Å². The van der Waals surface area contributed by atoms with Crippen LogP contribution in [0.3, 0.4) is 0 Å². The summed E-state index contributed by atoms with van der Waals surface area (Å²) >= 11 is 4.17. The largest absolute Gasteiger partial charge is 0.398 e. The molecule has 0 saturated heterocycles. The van der Waals surface area contributed by atoms with E-state index >= 15 is 0 Å². The maximum Gasteiger partial charge on any atom is 0.255 e. The van der Waals surface area contributed by atoms with E-state index < -0.39 is 0 Å². The van der Waals surface area contributed by atoms with Crippen LogP contribution in [0.5, 0.6) is 0 Å². The van der Waals surface area contributed by atoms with Crippen LogP contribution in [0.25, 0.3) is 0 Å². The van der Waals surface area contributed by atoms with Gasteiger partial charge in [0.15, 0.2) is 0 Å². The fourth-order valence-corrected chi connectivity index (χ4v) is 2.15. The van der Waals surface area contributed by atoms with Crippen LogP contribution in [0, 0.1) is 0 Å². The van der Waals surface area contributed by atoms with Gasteiger partial charge >= 0.3 is 0 Å². The van der Waals surface area contributed by atoms with Crippen molar-refractivity contribution in [1.29, 1.82) is 0 Å². The van der Waals surface area contributed by atoms with E-state index in [1.54, 1.807) is 30.3 Å². The van der Waals surface area contributed by atoms with Gasteiger partial charge in [-0.1, -0.05) is 18.2 Å². The van der Waals surface area contributed by atoms with Crippen LogP contribution in [0.4, 0.5) is 11.4 Å². The zero-order valence-corrected chi connectivity index (χ0v) is 12.3. The lowest BCUT2D eigenvalue weighted by molar-refractivity contribution is 0.102. The van der Waals surface area contributed by atoms with E-state index in [0.717, 1.165) is 11.1 Å². The van der Waals surface area contributed by atoms with E-state index in [9.17, 15) is 4.79 Å². The highest BCUT2D eigenvalue weighted by Gasteiger charge is 2.08. The van der Waals surface area contributed by atoms with Crippen molar-refractivity contribution in [2.24, 2.45) is 5.90 Å². The second-order valence-electron chi connectivity index (χ2n) is 4.53. The molecule has 0 aliphatic heterocycles. The Morgan fingerprint density at radius 3 is 2.48 bits per heavy atom. The first-order chi connectivity index (χ1) is 10.1. The number of carbonyl (C=O) groups is 1. The van der Waals surface area contributed by atoms with Gasteiger partial charge in [0.05, 0.1) is 6.61 Å². The second kappa shape index (κ2) is 7.12. The van der Waals surface area contributed by atoms with Gasteiger partial charge in [-0.3, -0.25) is 9.63 Å². The number of rotatable bonds is 5. The minimum atomic E-state index is -0.213. The minimum Gasteiger partial charge on any atom is -0.398 e. The molecule has 0 radical (unpaired) electrons. The molecule has 110 valence electrons. The van der Waals surface area contributed by atoms with Gasteiger partial charge in [0.2, 0.25) is 0 Å². The normalized spacial score (nSPS) is 10.4. The van der Waals surface area contributed by atoms with Gasteiger partial charge in [-0.25, -0.2) is 5.90 Å². The van der Waals surface area contributed by atoms with Crippen molar-refractivity contribution < 1.29 is 9.63 Å². The van der Waals surface area contributed by atoms with Crippen LogP contribution in [0.15, 0.2) is 42.5 Å². The maximum absolute atomic E-state index is 12.1. The van der Waals surface area contributed by atoms with Crippen molar-refractivity contribution in [3.8, 4) is 0 Å². The summed E-state index contributed by atoms with van der Waals surface area (Å²) in [5.74, 6) is 5.33. The highest BCUT2D eigenvalue weighted by Crippen LogP contribution is 2.18. The lowest BCUT2D eigenvalue weighted by Gasteiger charge is -2.08. The van der Waals surface area contributed by atoms with E-state index in [4.69, 9.17) is 11.6 Å². The number of hydrogen-bond donors (Lipinski definition) is 4. The number of anilines is 2. The Balaban J connectivity index is 2.08. The van der Waals surface area contributed by atoms with Crippen LogP contribution < -0.4 is 16.9 Å². The van der Waals surface area contributed by atoms with Crippen LogP contribution in [0.2, 0.25) is 0 Å². The van der Waals surface area contributed by atoms with Crippen LogP contribution >= 0.6 is 12.6 Å². The number of carbonyl (C=O) groups excluding carboxylic acids is 1. The van der Waals surface area contributed by atoms with Crippen molar-refractivity contribution in [1.82, 2.24) is 0 Å². The number of benzene rings is 2. The molecule has 2 aromatic rings. The molecule has 0 aliphatic carbocycles. The third-order valence-electron chi connectivity index (χ3n) is 3.04. The summed E-state index contributed by atoms with van der Waals surface area (Å²) in [5.41, 5.74) is 9.46. The van der Waals surface area contributed by atoms with Crippen molar-refractivity contribution in [3.63, 3.8) is 0 Å². The smallest absolute Gasteiger partial charge is 0.255 e. The van der Waals surface area contributed by atoms with Gasteiger partial charge in [0.1, 0.15) is 0 Å². The van der Waals surface area contributed by atoms with Crippen molar-refractivity contribution in [2.45, 2.75) is 12.4 Å². The van der Waals surface area contributed by atoms with Crippen molar-refractivity contribution in [2.75, 3.05) is 11.1 Å². The molecular weight excluding hydrogens is 286 g/mol. The van der Waals surface area contributed by atoms with E-state index in [2.05, 4.69) is 22.8 Å². The van der Waals surface area contributed by atoms with E-state index in [1.807, 2.05) is 12.1 Å². The Labute approximate surface area is 128 Å². The van der Waals surface area contributed by atoms with Crippen LogP contribution in [-0.4, -0.2) is 5.91 Å². The minimum absolute atomic E-state index is 0.213. The summed E-state index contributed by atoms with van der Waals surface area (Å²) < 4.78 is 0. The SMILES string of the molecule is NOCc1ccc(NC(=O)c2ccc(CS)c(N)c2)cc1. The Kier molecular flexibility index (Phi) is 5.21. The molecule has 1 amide bonds. The van der Waals surface area contributed by atoms with Gasteiger partial charge in [-0.15, -0.1) is 0 Å². The molecule has 0 bridgehead atoms. The Hall–Kier alpha value is -2.02. The summed E-state index contributed by atoms with van der Waals surface area (Å²) in [6, 6.07) is 12.4. The molecule has 0 fully saturated rings. The average Bonchev–Trinajstić information content (AvgIpc) is 2.49. The quantitative estimate of drug-likeness (QED) is 0.388. The summed E-state index contributed by atoms with van der Waals surface area (Å²) in [6.45, 7) is 0.329. The number of amides is 1. The van der Waals surface area contributed by atoms with Gasteiger partial charge in [-0.05, 0) is 35.4 Å². The average molecular weight is 303 g/mol. The fourth-order valence-electron chi connectivity index (χ4n) is 1.86. The van der Waals surface area contributed by atoms with Gasteiger partial charge < -0.3 is 11.1 Å². The molecule has 6 heteroatoms. The first kappa shape index (κ1) is 15.4. The summed E-state index contributed by atoms with van der Waals surface area (Å²) in [5, 5.41) is 2.81. The first-order valence-electron chi connectivity index (χ1n) is 6.35. The van der Waals surface area contributed by atoms with E-state index in [-0.39, 0.29) is 5.91 Å². The molecule has 2 aromatic carbocycles. The zero-order valence-electron chi connectivity index (χ0n) is 11.4. The molecule has 0 heterocycles. The highest BCUT2D eigenvalue weighted by atomic mass is 32.1. The third-order valence-corrected chi connectivity index (χ3v) is 3.38. The number of thiol groups is 1. The molecular formula is C15H17N3O2S. The first-order valence-corrected chi connectivity index (χ1v) is 6.98. The molecule has 5 nitrogen and oxygen atoms in total. The predicted octanol–water partition coefficient (Wildman–Crippen LogP) is 2.34. The zero-order chi connectivity index (χ0) is 15.2. The maximum atomic E-state index is 12.1. The molecule has 0 spiro atoms. The van der Waals surface area contributed by atoms with Crippen LogP contribution in [0.1, 0.15) is 21.5 Å². The molecule has 0 unspecified atom stereocenters. The highest BCUT2D eigenvalue weighted by molar-refractivity contribution is 7.79. The number of nitrogens with two attached hydrogens (primary N) is 2. The Morgan fingerprint density at radius 1 is 1.19 bits per heavy atom. The molecule has 0 atom stereocenters. The monoisotopic (exact) mass is 303 g/mol. The lowest BCUT2D eigenvalue weighted by atomic mass is 10.1. The summed E-state index contributed by atoms with van der Waals surface area (Å²) in [4.78, 5) is 16.7. The Bertz CT molecular complexity index is 629. The summed E-state index contributed by atoms with van der Waals surface area (Å²) in [7, 11) is 0.